The first-order valence-corrected chi connectivity index (χ1v) is 11.8. The largest absolute Gasteiger partial charge is 0.300 e. The van der Waals surface area contributed by atoms with Crippen LogP contribution in [-0.2, 0) is 10.0 Å². The molecule has 27 heavy (non-hydrogen) atoms. The van der Waals surface area contributed by atoms with E-state index in [2.05, 4.69) is 10.8 Å². The topological polar surface area (TPSA) is 40.6 Å². The van der Waals surface area contributed by atoms with E-state index in [-0.39, 0.29) is 0 Å². The number of piperidine rings is 2. The number of nitrogens with zero attached hydrogens (tertiary/aromatic N) is 2. The molecule has 2 fully saturated rings. The normalized spacial score (nSPS) is 21.1. The zero-order valence-corrected chi connectivity index (χ0v) is 17.0. The lowest BCUT2D eigenvalue weighted by molar-refractivity contribution is 0.0944. The molecule has 0 spiro atoms. The number of rotatable bonds is 7. The molecule has 0 aromatic heterocycles. The number of unbranched alkanes of at least 4 members (excludes halogenated alkanes) is 2. The van der Waals surface area contributed by atoms with Gasteiger partial charge < -0.3 is 4.90 Å². The van der Waals surface area contributed by atoms with Gasteiger partial charge in [0.25, 0.3) is 0 Å². The van der Waals surface area contributed by atoms with Gasteiger partial charge in [0.2, 0.25) is 10.0 Å². The fourth-order valence-electron chi connectivity index (χ4n) is 4.46. The number of hydrogen-bond acceptors (Lipinski definition) is 3. The van der Waals surface area contributed by atoms with Crippen LogP contribution in [-0.4, -0.2) is 49.8 Å². The lowest BCUT2D eigenvalue weighted by Crippen LogP contribution is -2.48. The molecule has 3 rings (SSSR count). The number of likely N-dealkylation sites (tertiary alicyclic amines) is 1. The maximum atomic E-state index is 12.8. The first-order chi connectivity index (χ1) is 13.1. The highest BCUT2D eigenvalue weighted by molar-refractivity contribution is 7.89. The molecule has 0 saturated carbocycles. The van der Waals surface area contributed by atoms with Crippen molar-refractivity contribution in [3.8, 4) is 12.3 Å². The minimum atomic E-state index is -3.34. The zero-order valence-electron chi connectivity index (χ0n) is 16.2. The Morgan fingerprint density at radius 1 is 0.963 bits per heavy atom. The Labute approximate surface area is 165 Å². The van der Waals surface area contributed by atoms with Gasteiger partial charge in [0.05, 0.1) is 4.90 Å². The van der Waals surface area contributed by atoms with Gasteiger partial charge in [-0.15, -0.1) is 12.3 Å². The Bertz CT molecular complexity index is 710. The number of sulfonamides is 1. The molecule has 148 valence electrons. The molecular weight excluding hydrogens is 356 g/mol. The second-order valence-electron chi connectivity index (χ2n) is 7.88. The van der Waals surface area contributed by atoms with Gasteiger partial charge in [-0.1, -0.05) is 31.0 Å². The van der Waals surface area contributed by atoms with Crippen LogP contribution in [0.1, 0.15) is 51.4 Å². The summed E-state index contributed by atoms with van der Waals surface area (Å²) < 4.78 is 27.2. The van der Waals surface area contributed by atoms with Gasteiger partial charge in [-0.2, -0.15) is 4.31 Å². The van der Waals surface area contributed by atoms with E-state index in [0.717, 1.165) is 44.7 Å². The van der Waals surface area contributed by atoms with E-state index in [1.54, 1.807) is 28.6 Å². The molecule has 2 heterocycles. The highest BCUT2D eigenvalue weighted by Gasteiger charge is 2.32. The Kier molecular flexibility index (Phi) is 7.34. The van der Waals surface area contributed by atoms with E-state index in [9.17, 15) is 8.42 Å². The third-order valence-electron chi connectivity index (χ3n) is 6.15. The molecule has 0 amide bonds. The Morgan fingerprint density at radius 3 is 2.26 bits per heavy atom. The molecule has 0 aliphatic carbocycles. The minimum Gasteiger partial charge on any atom is -0.300 e. The first-order valence-electron chi connectivity index (χ1n) is 10.3. The molecule has 4 nitrogen and oxygen atoms in total. The summed E-state index contributed by atoms with van der Waals surface area (Å²) in [6, 6.07) is 9.34. The van der Waals surface area contributed by atoms with E-state index in [4.69, 9.17) is 6.42 Å². The molecule has 1 aromatic carbocycles. The molecule has 0 radical (unpaired) electrons. The average molecular weight is 389 g/mol. The van der Waals surface area contributed by atoms with Gasteiger partial charge in [0, 0.05) is 25.6 Å². The second-order valence-corrected chi connectivity index (χ2v) is 9.82. The van der Waals surface area contributed by atoms with Crippen LogP contribution in [0.15, 0.2) is 35.2 Å². The summed E-state index contributed by atoms with van der Waals surface area (Å²) in [4.78, 5) is 3.01. The van der Waals surface area contributed by atoms with Gasteiger partial charge in [-0.3, -0.25) is 0 Å². The summed E-state index contributed by atoms with van der Waals surface area (Å²) >= 11 is 0. The van der Waals surface area contributed by atoms with Crippen molar-refractivity contribution in [3.05, 3.63) is 30.3 Å². The molecule has 1 aromatic rings. The summed E-state index contributed by atoms with van der Waals surface area (Å²) in [5.41, 5.74) is 0. The molecule has 2 saturated heterocycles. The van der Waals surface area contributed by atoms with Crippen molar-refractivity contribution in [1.82, 2.24) is 9.21 Å². The number of terminal acetylenes is 1. The van der Waals surface area contributed by atoms with Crippen LogP contribution in [0, 0.1) is 18.3 Å². The maximum absolute atomic E-state index is 12.8. The summed E-state index contributed by atoms with van der Waals surface area (Å²) in [7, 11) is -3.34. The highest BCUT2D eigenvalue weighted by atomic mass is 32.2. The fraction of sp³-hybridized carbons (Fsp3) is 0.636. The van der Waals surface area contributed by atoms with E-state index < -0.39 is 10.0 Å². The monoisotopic (exact) mass is 388 g/mol. The fourth-order valence-corrected chi connectivity index (χ4v) is 5.95. The second kappa shape index (κ2) is 9.73. The van der Waals surface area contributed by atoms with E-state index >= 15 is 0 Å². The summed E-state index contributed by atoms with van der Waals surface area (Å²) in [5, 5.41) is 0. The van der Waals surface area contributed by atoms with Crippen molar-refractivity contribution in [2.24, 2.45) is 5.92 Å². The van der Waals surface area contributed by atoms with Crippen molar-refractivity contribution >= 4 is 10.0 Å². The molecule has 0 N–H and O–H groups in total. The molecular formula is C22H32N2O2S. The highest BCUT2D eigenvalue weighted by Crippen LogP contribution is 2.28. The zero-order chi connectivity index (χ0) is 19.1. The standard InChI is InChI=1S/C22H32N2O2S/c1-2-3-4-6-9-20-12-16-23(17-13-20)21-14-18-24(19-15-21)27(25,26)22-10-7-5-8-11-22/h1,5,7-8,10-11,20-21H,3-4,6,9,12-19H2. The van der Waals surface area contributed by atoms with Crippen LogP contribution in [0.2, 0.25) is 0 Å². The predicted octanol–water partition coefficient (Wildman–Crippen LogP) is 3.75. The molecule has 2 aliphatic heterocycles. The number of hydrogen-bond donors (Lipinski definition) is 0. The van der Waals surface area contributed by atoms with E-state index in [1.165, 1.54) is 25.7 Å². The van der Waals surface area contributed by atoms with Crippen LogP contribution in [0.4, 0.5) is 0 Å². The van der Waals surface area contributed by atoms with Gasteiger partial charge in [-0.05, 0) is 63.2 Å². The lowest BCUT2D eigenvalue weighted by atomic mass is 9.89. The molecule has 5 heteroatoms. The maximum Gasteiger partial charge on any atom is 0.243 e. The van der Waals surface area contributed by atoms with E-state index in [1.807, 2.05) is 6.07 Å². The van der Waals surface area contributed by atoms with Gasteiger partial charge >= 0.3 is 0 Å². The Hall–Kier alpha value is -1.35. The summed E-state index contributed by atoms with van der Waals surface area (Å²) in [6.45, 7) is 3.59. The quantitative estimate of drug-likeness (QED) is 0.528. The van der Waals surface area contributed by atoms with Gasteiger partial charge in [0.15, 0.2) is 0 Å². The van der Waals surface area contributed by atoms with Crippen LogP contribution in [0.25, 0.3) is 0 Å². The van der Waals surface area contributed by atoms with Crippen molar-refractivity contribution in [2.45, 2.75) is 62.3 Å². The van der Waals surface area contributed by atoms with Gasteiger partial charge in [-0.25, -0.2) is 8.42 Å². The predicted molar refractivity (Wildman–Crippen MR) is 110 cm³/mol. The summed E-state index contributed by atoms with van der Waals surface area (Å²) in [5.74, 6) is 3.57. The van der Waals surface area contributed by atoms with Crippen molar-refractivity contribution < 1.29 is 8.42 Å². The van der Waals surface area contributed by atoms with Crippen LogP contribution < -0.4 is 0 Å². The summed E-state index contributed by atoms with van der Waals surface area (Å²) in [6.07, 6.45) is 14.4. The average Bonchev–Trinajstić information content (AvgIpc) is 2.72. The SMILES string of the molecule is C#CCCCCC1CCN(C2CCN(S(=O)(=O)c3ccccc3)CC2)CC1. The van der Waals surface area contributed by atoms with Gasteiger partial charge in [0.1, 0.15) is 0 Å². The smallest absolute Gasteiger partial charge is 0.243 e. The van der Waals surface area contributed by atoms with Crippen LogP contribution in [0.3, 0.4) is 0 Å². The molecule has 2 aliphatic rings. The third kappa shape index (κ3) is 5.34. The Morgan fingerprint density at radius 2 is 1.63 bits per heavy atom. The Balaban J connectivity index is 1.43. The number of benzene rings is 1. The third-order valence-corrected chi connectivity index (χ3v) is 8.07. The van der Waals surface area contributed by atoms with Crippen LogP contribution >= 0.6 is 0 Å². The lowest BCUT2D eigenvalue weighted by Gasteiger charge is -2.41. The minimum absolute atomic E-state index is 0.411. The molecule has 0 bridgehead atoms. The van der Waals surface area contributed by atoms with Crippen LogP contribution in [0.5, 0.6) is 0 Å². The van der Waals surface area contributed by atoms with E-state index in [0.29, 0.717) is 24.0 Å². The first kappa shape index (κ1) is 20.4. The van der Waals surface area contributed by atoms with Crippen molar-refractivity contribution in [1.29, 1.82) is 0 Å². The molecule has 0 unspecified atom stereocenters. The van der Waals surface area contributed by atoms with Crippen molar-refractivity contribution in [2.75, 3.05) is 26.2 Å². The van der Waals surface area contributed by atoms with Crippen molar-refractivity contribution in [3.63, 3.8) is 0 Å². The molecule has 0 atom stereocenters.